The number of rotatable bonds is 5. The molecule has 0 radical (unpaired) electrons. The van der Waals surface area contributed by atoms with Crippen molar-refractivity contribution < 1.29 is 9.32 Å². The van der Waals surface area contributed by atoms with E-state index in [0.717, 1.165) is 19.5 Å². The molecular formula is C18H22ClN3O2. The van der Waals surface area contributed by atoms with E-state index in [4.69, 9.17) is 16.1 Å². The maximum absolute atomic E-state index is 12.6. The van der Waals surface area contributed by atoms with Crippen LogP contribution in [0.15, 0.2) is 28.8 Å². The molecule has 3 rings (SSSR count). The molecule has 1 unspecified atom stereocenters. The number of benzene rings is 1. The van der Waals surface area contributed by atoms with Gasteiger partial charge in [-0.05, 0) is 51.3 Å². The Balaban J connectivity index is 1.69. The van der Waals surface area contributed by atoms with Gasteiger partial charge in [0.15, 0.2) is 0 Å². The first kappa shape index (κ1) is 17.0. The number of nitrogens with zero attached hydrogens (tertiary/aromatic N) is 1. The molecular weight excluding hydrogens is 326 g/mol. The maximum Gasteiger partial charge on any atom is 0.257 e. The summed E-state index contributed by atoms with van der Waals surface area (Å²) in [7, 11) is 0. The Bertz CT molecular complexity index is 708. The van der Waals surface area contributed by atoms with Crippen molar-refractivity contribution in [3.8, 4) is 11.3 Å². The smallest absolute Gasteiger partial charge is 0.257 e. The van der Waals surface area contributed by atoms with Gasteiger partial charge in [-0.3, -0.25) is 4.79 Å². The first-order valence-corrected chi connectivity index (χ1v) is 8.74. The van der Waals surface area contributed by atoms with Gasteiger partial charge in [0.25, 0.3) is 5.91 Å². The molecule has 0 saturated carbocycles. The highest BCUT2D eigenvalue weighted by molar-refractivity contribution is 6.33. The fourth-order valence-electron chi connectivity index (χ4n) is 3.13. The van der Waals surface area contributed by atoms with Crippen LogP contribution in [0.5, 0.6) is 0 Å². The molecule has 1 aliphatic heterocycles. The van der Waals surface area contributed by atoms with Gasteiger partial charge < -0.3 is 15.2 Å². The Morgan fingerprint density at radius 1 is 1.46 bits per heavy atom. The van der Waals surface area contributed by atoms with Crippen molar-refractivity contribution in [3.05, 3.63) is 40.6 Å². The summed E-state index contributed by atoms with van der Waals surface area (Å²) in [6.45, 7) is 4.53. The quantitative estimate of drug-likeness (QED) is 0.869. The number of aromatic nitrogens is 1. The van der Waals surface area contributed by atoms with Gasteiger partial charge in [0.2, 0.25) is 0 Å². The summed E-state index contributed by atoms with van der Waals surface area (Å²) < 4.78 is 5.24. The van der Waals surface area contributed by atoms with Crippen LogP contribution in [0.3, 0.4) is 0 Å². The van der Waals surface area contributed by atoms with E-state index < -0.39 is 0 Å². The zero-order valence-corrected chi connectivity index (χ0v) is 14.5. The highest BCUT2D eigenvalue weighted by atomic mass is 35.5. The molecule has 0 aliphatic carbocycles. The summed E-state index contributed by atoms with van der Waals surface area (Å²) in [5, 5.41) is 11.0. The van der Waals surface area contributed by atoms with E-state index in [1.165, 1.54) is 12.8 Å². The number of halogens is 1. The zero-order chi connectivity index (χ0) is 16.9. The monoisotopic (exact) mass is 347 g/mol. The highest BCUT2D eigenvalue weighted by Crippen LogP contribution is 2.30. The lowest BCUT2D eigenvalue weighted by molar-refractivity contribution is 0.0949. The molecule has 1 amide bonds. The molecule has 2 heterocycles. The van der Waals surface area contributed by atoms with Crippen molar-refractivity contribution >= 4 is 17.5 Å². The minimum Gasteiger partial charge on any atom is -0.360 e. The van der Waals surface area contributed by atoms with Crippen molar-refractivity contribution in [2.24, 2.45) is 5.92 Å². The normalized spacial score (nSPS) is 17.7. The summed E-state index contributed by atoms with van der Waals surface area (Å²) in [5.41, 5.74) is 1.66. The standard InChI is InChI=1S/C18H22ClN3O2/c1-12-16(17(22-24-12)14-6-2-3-7-15(14)19)18(23)21-10-8-13-5-4-9-20-11-13/h2-3,6-7,13,20H,4-5,8-11H2,1H3,(H,21,23). The second kappa shape index (κ2) is 7.81. The predicted molar refractivity (Wildman–Crippen MR) is 94.2 cm³/mol. The fraction of sp³-hybridized carbons (Fsp3) is 0.444. The van der Waals surface area contributed by atoms with Gasteiger partial charge in [0.1, 0.15) is 17.0 Å². The summed E-state index contributed by atoms with van der Waals surface area (Å²) in [5.74, 6) is 0.972. The van der Waals surface area contributed by atoms with Gasteiger partial charge in [-0.2, -0.15) is 0 Å². The third kappa shape index (κ3) is 3.79. The average molecular weight is 348 g/mol. The van der Waals surface area contributed by atoms with Crippen LogP contribution < -0.4 is 10.6 Å². The first-order valence-electron chi connectivity index (χ1n) is 8.37. The molecule has 1 saturated heterocycles. The molecule has 1 aromatic heterocycles. The van der Waals surface area contributed by atoms with E-state index in [1.54, 1.807) is 13.0 Å². The Kier molecular flexibility index (Phi) is 5.53. The van der Waals surface area contributed by atoms with Crippen LogP contribution in [-0.4, -0.2) is 30.7 Å². The van der Waals surface area contributed by atoms with E-state index >= 15 is 0 Å². The number of hydrogen-bond donors (Lipinski definition) is 2. The Hall–Kier alpha value is -1.85. The lowest BCUT2D eigenvalue weighted by atomic mass is 9.96. The largest absolute Gasteiger partial charge is 0.360 e. The van der Waals surface area contributed by atoms with Gasteiger partial charge in [-0.15, -0.1) is 0 Å². The van der Waals surface area contributed by atoms with Crippen LogP contribution in [0.4, 0.5) is 0 Å². The molecule has 5 nitrogen and oxygen atoms in total. The van der Waals surface area contributed by atoms with Crippen LogP contribution in [-0.2, 0) is 0 Å². The molecule has 1 aromatic carbocycles. The average Bonchev–Trinajstić information content (AvgIpc) is 2.97. The van der Waals surface area contributed by atoms with Crippen LogP contribution >= 0.6 is 11.6 Å². The van der Waals surface area contributed by atoms with Crippen molar-refractivity contribution in [2.75, 3.05) is 19.6 Å². The molecule has 1 atom stereocenters. The summed E-state index contributed by atoms with van der Waals surface area (Å²) in [4.78, 5) is 12.6. The van der Waals surface area contributed by atoms with Crippen LogP contribution in [0.2, 0.25) is 5.02 Å². The Morgan fingerprint density at radius 3 is 3.04 bits per heavy atom. The molecule has 0 bridgehead atoms. The van der Waals surface area contributed by atoms with Crippen molar-refractivity contribution in [3.63, 3.8) is 0 Å². The number of carbonyl (C=O) groups excluding carboxylic acids is 1. The number of hydrogen-bond acceptors (Lipinski definition) is 4. The topological polar surface area (TPSA) is 67.2 Å². The third-order valence-electron chi connectivity index (χ3n) is 4.46. The van der Waals surface area contributed by atoms with E-state index in [1.807, 2.05) is 18.2 Å². The minimum absolute atomic E-state index is 0.160. The number of piperidine rings is 1. The fourth-order valence-corrected chi connectivity index (χ4v) is 3.35. The SMILES string of the molecule is Cc1onc(-c2ccccc2Cl)c1C(=O)NCCC1CCCNC1. The molecule has 128 valence electrons. The number of nitrogens with one attached hydrogen (secondary N) is 2. The lowest BCUT2D eigenvalue weighted by Crippen LogP contribution is -2.33. The number of amides is 1. The predicted octanol–water partition coefficient (Wildman–Crippen LogP) is 3.42. The van der Waals surface area contributed by atoms with E-state index in [2.05, 4.69) is 15.8 Å². The first-order chi connectivity index (χ1) is 11.7. The van der Waals surface area contributed by atoms with E-state index in [9.17, 15) is 4.79 Å². The second-order valence-electron chi connectivity index (χ2n) is 6.20. The number of aryl methyl sites for hydroxylation is 1. The van der Waals surface area contributed by atoms with Crippen molar-refractivity contribution in [2.45, 2.75) is 26.2 Å². The Labute approximate surface area is 146 Å². The Morgan fingerprint density at radius 2 is 2.29 bits per heavy atom. The molecule has 2 aromatic rings. The van der Waals surface area contributed by atoms with Crippen LogP contribution in [0, 0.1) is 12.8 Å². The van der Waals surface area contributed by atoms with Gasteiger partial charge >= 0.3 is 0 Å². The third-order valence-corrected chi connectivity index (χ3v) is 4.79. The molecule has 1 fully saturated rings. The minimum atomic E-state index is -0.160. The van der Waals surface area contributed by atoms with Gasteiger partial charge in [-0.1, -0.05) is 35.0 Å². The molecule has 1 aliphatic rings. The lowest BCUT2D eigenvalue weighted by Gasteiger charge is -2.22. The second-order valence-corrected chi connectivity index (χ2v) is 6.61. The van der Waals surface area contributed by atoms with Crippen molar-refractivity contribution in [1.29, 1.82) is 0 Å². The van der Waals surface area contributed by atoms with E-state index in [-0.39, 0.29) is 5.91 Å². The number of carbonyl (C=O) groups is 1. The van der Waals surface area contributed by atoms with Gasteiger partial charge in [0, 0.05) is 12.1 Å². The molecule has 0 spiro atoms. The maximum atomic E-state index is 12.6. The van der Waals surface area contributed by atoms with Gasteiger partial charge in [-0.25, -0.2) is 0 Å². The van der Waals surface area contributed by atoms with Crippen LogP contribution in [0.1, 0.15) is 35.4 Å². The highest BCUT2D eigenvalue weighted by Gasteiger charge is 2.23. The molecule has 24 heavy (non-hydrogen) atoms. The molecule has 2 N–H and O–H groups in total. The van der Waals surface area contributed by atoms with E-state index in [0.29, 0.717) is 40.1 Å². The molecule has 6 heteroatoms. The summed E-state index contributed by atoms with van der Waals surface area (Å²) >= 11 is 6.23. The summed E-state index contributed by atoms with van der Waals surface area (Å²) in [6, 6.07) is 7.32. The summed E-state index contributed by atoms with van der Waals surface area (Å²) in [6.07, 6.45) is 3.41. The zero-order valence-electron chi connectivity index (χ0n) is 13.8. The van der Waals surface area contributed by atoms with Crippen LogP contribution in [0.25, 0.3) is 11.3 Å². The van der Waals surface area contributed by atoms with Gasteiger partial charge in [0.05, 0.1) is 5.02 Å². The van der Waals surface area contributed by atoms with Crippen molar-refractivity contribution in [1.82, 2.24) is 15.8 Å².